The van der Waals surface area contributed by atoms with Crippen LogP contribution in [-0.2, 0) is 0 Å². The van der Waals surface area contributed by atoms with Crippen molar-refractivity contribution in [2.75, 3.05) is 13.1 Å². The summed E-state index contributed by atoms with van der Waals surface area (Å²) in [6.45, 7) is 4.70. The van der Waals surface area contributed by atoms with E-state index in [0.717, 1.165) is 5.76 Å². The van der Waals surface area contributed by atoms with Crippen LogP contribution in [0, 0.1) is 0 Å². The van der Waals surface area contributed by atoms with Crippen molar-refractivity contribution in [1.29, 1.82) is 0 Å². The van der Waals surface area contributed by atoms with Crippen LogP contribution in [0.15, 0.2) is 22.8 Å². The highest BCUT2D eigenvalue weighted by Crippen LogP contribution is 2.31. The van der Waals surface area contributed by atoms with Gasteiger partial charge in [0.15, 0.2) is 0 Å². The minimum Gasteiger partial charge on any atom is -0.468 e. The van der Waals surface area contributed by atoms with Crippen molar-refractivity contribution in [3.63, 3.8) is 0 Å². The highest BCUT2D eigenvalue weighted by Gasteiger charge is 2.34. The first-order chi connectivity index (χ1) is 8.86. The van der Waals surface area contributed by atoms with Gasteiger partial charge in [-0.1, -0.05) is 6.42 Å². The lowest BCUT2D eigenvalue weighted by Gasteiger charge is -2.42. The summed E-state index contributed by atoms with van der Waals surface area (Å²) in [5, 5.41) is 3.68. The maximum atomic E-state index is 5.60. The molecular weight excluding hydrogens is 224 g/mol. The summed E-state index contributed by atoms with van der Waals surface area (Å²) in [5.74, 6) is 1.11. The lowest BCUT2D eigenvalue weighted by atomic mass is 9.92. The molecule has 2 fully saturated rings. The first kappa shape index (κ1) is 12.2. The third kappa shape index (κ3) is 2.34. The van der Waals surface area contributed by atoms with Crippen LogP contribution in [0.5, 0.6) is 0 Å². The van der Waals surface area contributed by atoms with Crippen LogP contribution < -0.4 is 5.32 Å². The molecule has 2 aliphatic rings. The van der Waals surface area contributed by atoms with Crippen LogP contribution in [0.1, 0.15) is 50.8 Å². The van der Waals surface area contributed by atoms with E-state index in [1.165, 1.54) is 45.2 Å². The third-order valence-electron chi connectivity index (χ3n) is 4.61. The second-order valence-corrected chi connectivity index (χ2v) is 5.70. The first-order valence-corrected chi connectivity index (χ1v) is 7.39. The van der Waals surface area contributed by atoms with Gasteiger partial charge in [0.2, 0.25) is 0 Å². The number of likely N-dealkylation sites (tertiary alicyclic amines) is 1. The SMILES string of the molecule is CC(c1ccco1)N1CCCCC1C1CCCN1. The number of nitrogens with zero attached hydrogens (tertiary/aromatic N) is 1. The van der Waals surface area contributed by atoms with Crippen LogP contribution in [0.2, 0.25) is 0 Å². The topological polar surface area (TPSA) is 28.4 Å². The number of nitrogens with one attached hydrogen (secondary N) is 1. The minimum absolute atomic E-state index is 0.410. The van der Waals surface area contributed by atoms with Crippen LogP contribution >= 0.6 is 0 Å². The van der Waals surface area contributed by atoms with Crippen molar-refractivity contribution in [1.82, 2.24) is 10.2 Å². The molecule has 2 aliphatic heterocycles. The molecule has 3 heteroatoms. The molecule has 3 atom stereocenters. The monoisotopic (exact) mass is 248 g/mol. The van der Waals surface area contributed by atoms with Gasteiger partial charge in [-0.25, -0.2) is 0 Å². The second-order valence-electron chi connectivity index (χ2n) is 5.70. The fourth-order valence-corrected chi connectivity index (χ4v) is 3.63. The van der Waals surface area contributed by atoms with Crippen molar-refractivity contribution in [3.8, 4) is 0 Å². The Hall–Kier alpha value is -0.800. The van der Waals surface area contributed by atoms with Gasteiger partial charge in [-0.05, 0) is 57.8 Å². The van der Waals surface area contributed by atoms with Gasteiger partial charge in [-0.2, -0.15) is 0 Å². The number of furan rings is 1. The van der Waals surface area contributed by atoms with Crippen molar-refractivity contribution < 1.29 is 4.42 Å². The molecule has 1 aromatic heterocycles. The lowest BCUT2D eigenvalue weighted by molar-refractivity contribution is 0.0704. The molecule has 0 aliphatic carbocycles. The third-order valence-corrected chi connectivity index (χ3v) is 4.61. The molecule has 1 N–H and O–H groups in total. The summed E-state index contributed by atoms with van der Waals surface area (Å²) < 4.78 is 5.60. The quantitative estimate of drug-likeness (QED) is 0.891. The average molecular weight is 248 g/mol. The minimum atomic E-state index is 0.410. The van der Waals surface area contributed by atoms with Crippen molar-refractivity contribution >= 4 is 0 Å². The average Bonchev–Trinajstić information content (AvgIpc) is 3.11. The zero-order valence-corrected chi connectivity index (χ0v) is 11.3. The Kier molecular flexibility index (Phi) is 3.71. The normalized spacial score (nSPS) is 31.6. The predicted molar refractivity (Wildman–Crippen MR) is 72.5 cm³/mol. The fourth-order valence-electron chi connectivity index (χ4n) is 3.63. The summed E-state index contributed by atoms with van der Waals surface area (Å²) in [6.07, 6.45) is 8.51. The van der Waals surface area contributed by atoms with Crippen LogP contribution in [0.4, 0.5) is 0 Å². The Labute approximate surface area is 110 Å². The Morgan fingerprint density at radius 1 is 1.33 bits per heavy atom. The molecule has 0 saturated carbocycles. The zero-order valence-electron chi connectivity index (χ0n) is 11.3. The van der Waals surface area contributed by atoms with E-state index >= 15 is 0 Å². The predicted octanol–water partition coefficient (Wildman–Crippen LogP) is 2.95. The Bertz CT molecular complexity index is 357. The molecule has 2 saturated heterocycles. The molecule has 1 aromatic rings. The molecule has 3 heterocycles. The van der Waals surface area contributed by atoms with Crippen LogP contribution in [-0.4, -0.2) is 30.1 Å². The van der Waals surface area contributed by atoms with Crippen LogP contribution in [0.3, 0.4) is 0 Å². The maximum Gasteiger partial charge on any atom is 0.120 e. The van der Waals surface area contributed by atoms with Gasteiger partial charge in [0, 0.05) is 12.1 Å². The van der Waals surface area contributed by atoms with Gasteiger partial charge >= 0.3 is 0 Å². The van der Waals surface area contributed by atoms with E-state index in [9.17, 15) is 0 Å². The molecule has 0 bridgehead atoms. The number of hydrogen-bond donors (Lipinski definition) is 1. The summed E-state index contributed by atoms with van der Waals surface area (Å²) in [5.41, 5.74) is 0. The van der Waals surface area contributed by atoms with Gasteiger partial charge < -0.3 is 9.73 Å². The van der Waals surface area contributed by atoms with E-state index in [0.29, 0.717) is 18.1 Å². The molecule has 0 amide bonds. The standard InChI is InChI=1S/C15H24N2O/c1-12(15-8-5-11-18-15)17-10-3-2-7-14(17)13-6-4-9-16-13/h5,8,11-14,16H,2-4,6-7,9-10H2,1H3. The molecular formula is C15H24N2O. The largest absolute Gasteiger partial charge is 0.468 e. The Morgan fingerprint density at radius 3 is 3.00 bits per heavy atom. The number of rotatable bonds is 3. The molecule has 0 aromatic carbocycles. The van der Waals surface area contributed by atoms with Gasteiger partial charge in [-0.3, -0.25) is 4.90 Å². The Morgan fingerprint density at radius 2 is 2.28 bits per heavy atom. The van der Waals surface area contributed by atoms with Crippen molar-refractivity contribution in [2.24, 2.45) is 0 Å². The highest BCUT2D eigenvalue weighted by atomic mass is 16.3. The molecule has 0 radical (unpaired) electrons. The van der Waals surface area contributed by atoms with E-state index in [1.54, 1.807) is 6.26 Å². The summed E-state index contributed by atoms with van der Waals surface area (Å²) in [7, 11) is 0. The van der Waals surface area contributed by atoms with Gasteiger partial charge in [0.1, 0.15) is 5.76 Å². The first-order valence-electron chi connectivity index (χ1n) is 7.39. The molecule has 3 nitrogen and oxygen atoms in total. The Balaban J connectivity index is 1.74. The van der Waals surface area contributed by atoms with Gasteiger partial charge in [0.25, 0.3) is 0 Å². The van der Waals surface area contributed by atoms with E-state index in [2.05, 4.69) is 23.2 Å². The van der Waals surface area contributed by atoms with Crippen LogP contribution in [0.25, 0.3) is 0 Å². The number of piperidine rings is 1. The molecule has 100 valence electrons. The van der Waals surface area contributed by atoms with Gasteiger partial charge in [-0.15, -0.1) is 0 Å². The maximum absolute atomic E-state index is 5.60. The van der Waals surface area contributed by atoms with Crippen molar-refractivity contribution in [3.05, 3.63) is 24.2 Å². The van der Waals surface area contributed by atoms with Crippen molar-refractivity contribution in [2.45, 2.75) is 57.2 Å². The zero-order chi connectivity index (χ0) is 12.4. The number of hydrogen-bond acceptors (Lipinski definition) is 3. The van der Waals surface area contributed by atoms with Gasteiger partial charge in [0.05, 0.1) is 12.3 Å². The molecule has 3 rings (SSSR count). The highest BCUT2D eigenvalue weighted by molar-refractivity contribution is 5.06. The molecule has 0 spiro atoms. The summed E-state index contributed by atoms with van der Waals surface area (Å²) in [4.78, 5) is 2.66. The summed E-state index contributed by atoms with van der Waals surface area (Å²) in [6, 6.07) is 5.91. The smallest absolute Gasteiger partial charge is 0.120 e. The van der Waals surface area contributed by atoms with E-state index < -0.39 is 0 Å². The molecule has 18 heavy (non-hydrogen) atoms. The van der Waals surface area contributed by atoms with E-state index in [-0.39, 0.29) is 0 Å². The van der Waals surface area contributed by atoms with E-state index in [1.807, 2.05) is 6.07 Å². The summed E-state index contributed by atoms with van der Waals surface area (Å²) >= 11 is 0. The lowest BCUT2D eigenvalue weighted by Crippen LogP contribution is -2.50. The fraction of sp³-hybridized carbons (Fsp3) is 0.733. The van der Waals surface area contributed by atoms with E-state index in [4.69, 9.17) is 4.42 Å². The molecule has 3 unspecified atom stereocenters. The second kappa shape index (κ2) is 5.45.